The second kappa shape index (κ2) is 4.64. The van der Waals surface area contributed by atoms with Crippen molar-refractivity contribution in [1.29, 1.82) is 0 Å². The lowest BCUT2D eigenvalue weighted by Crippen LogP contribution is -2.48. The number of aliphatic hydroxyl groups excluding tert-OH is 1. The van der Waals surface area contributed by atoms with Crippen molar-refractivity contribution in [1.82, 2.24) is 4.90 Å². The van der Waals surface area contributed by atoms with Crippen molar-refractivity contribution in [3.63, 3.8) is 0 Å². The van der Waals surface area contributed by atoms with Gasteiger partial charge in [0.05, 0.1) is 12.6 Å². The van der Waals surface area contributed by atoms with Crippen LogP contribution in [0.2, 0.25) is 0 Å². The van der Waals surface area contributed by atoms with E-state index >= 15 is 0 Å². The molecule has 1 amide bonds. The molecule has 1 aliphatic rings. The molecular weight excluding hydrogens is 250 g/mol. The third kappa shape index (κ3) is 2.18. The first-order valence-corrected chi connectivity index (χ1v) is 6.88. The van der Waals surface area contributed by atoms with Crippen molar-refractivity contribution in [2.75, 3.05) is 6.61 Å². The average molecular weight is 269 g/mol. The van der Waals surface area contributed by atoms with E-state index in [4.69, 9.17) is 4.74 Å². The van der Waals surface area contributed by atoms with Gasteiger partial charge in [-0.05, 0) is 37.8 Å². The van der Waals surface area contributed by atoms with E-state index in [1.165, 1.54) is 12.5 Å². The first-order valence-electron chi connectivity index (χ1n) is 6.00. The van der Waals surface area contributed by atoms with Gasteiger partial charge < -0.3 is 14.7 Å². The fourth-order valence-electron chi connectivity index (χ4n) is 2.62. The fraction of sp³-hybridized carbons (Fsp3) is 0.615. The lowest BCUT2D eigenvalue weighted by Gasteiger charge is -2.31. The number of carbonyl (C=O) groups is 1. The summed E-state index contributed by atoms with van der Waals surface area (Å²) >= 11 is 1.61. The number of carbonyl (C=O) groups excluding carboxylic acids is 1. The smallest absolute Gasteiger partial charge is 0.222 e. The maximum absolute atomic E-state index is 11.8. The summed E-state index contributed by atoms with van der Waals surface area (Å²) in [5, 5.41) is 11.6. The quantitative estimate of drug-likeness (QED) is 0.894. The Morgan fingerprint density at radius 2 is 2.28 bits per heavy atom. The molecule has 1 aromatic heterocycles. The minimum absolute atomic E-state index is 0.0742. The number of amides is 1. The number of ether oxygens (including phenoxy) is 1. The van der Waals surface area contributed by atoms with Crippen LogP contribution >= 0.6 is 11.3 Å². The number of aliphatic hydroxyl groups is 1. The van der Waals surface area contributed by atoms with Gasteiger partial charge in [0.25, 0.3) is 0 Å². The van der Waals surface area contributed by atoms with Gasteiger partial charge >= 0.3 is 0 Å². The third-order valence-corrected chi connectivity index (χ3v) is 4.35. The van der Waals surface area contributed by atoms with Crippen LogP contribution in [-0.2, 0) is 9.53 Å². The van der Waals surface area contributed by atoms with Gasteiger partial charge in [-0.1, -0.05) is 0 Å². The molecule has 4 nitrogen and oxygen atoms in total. The van der Waals surface area contributed by atoms with Crippen LogP contribution in [0, 0.1) is 6.92 Å². The van der Waals surface area contributed by atoms with E-state index in [-0.39, 0.29) is 24.7 Å². The number of nitrogens with zero attached hydrogens (tertiary/aromatic N) is 1. The van der Waals surface area contributed by atoms with Gasteiger partial charge in [0.15, 0.2) is 0 Å². The van der Waals surface area contributed by atoms with Gasteiger partial charge in [0.1, 0.15) is 11.8 Å². The van der Waals surface area contributed by atoms with E-state index in [1.807, 2.05) is 20.8 Å². The summed E-state index contributed by atoms with van der Waals surface area (Å²) in [4.78, 5) is 14.4. The van der Waals surface area contributed by atoms with Gasteiger partial charge in [0, 0.05) is 11.8 Å². The molecule has 1 aliphatic heterocycles. The summed E-state index contributed by atoms with van der Waals surface area (Å²) in [5.41, 5.74) is 0.497. The van der Waals surface area contributed by atoms with Gasteiger partial charge in [-0.2, -0.15) is 0 Å². The van der Waals surface area contributed by atoms with E-state index in [1.54, 1.807) is 16.2 Å². The van der Waals surface area contributed by atoms with Crippen LogP contribution in [0.3, 0.4) is 0 Å². The summed E-state index contributed by atoms with van der Waals surface area (Å²) in [7, 11) is 0. The molecule has 18 heavy (non-hydrogen) atoms. The van der Waals surface area contributed by atoms with E-state index < -0.39 is 5.72 Å². The molecule has 1 fully saturated rings. The zero-order valence-electron chi connectivity index (χ0n) is 11.1. The number of thiophene rings is 1. The van der Waals surface area contributed by atoms with Crippen LogP contribution in [0.4, 0.5) is 0 Å². The Hall–Kier alpha value is -0.910. The number of hydrogen-bond acceptors (Lipinski definition) is 4. The Kier molecular flexibility index (Phi) is 3.49. The summed E-state index contributed by atoms with van der Waals surface area (Å²) in [5.74, 6) is -0.0742. The van der Waals surface area contributed by atoms with Crippen LogP contribution in [-0.4, -0.2) is 34.3 Å². The van der Waals surface area contributed by atoms with E-state index in [9.17, 15) is 9.90 Å². The van der Waals surface area contributed by atoms with E-state index in [0.29, 0.717) is 0 Å². The second-order valence-electron chi connectivity index (χ2n) is 5.15. The molecule has 0 spiro atoms. The SMILES string of the molecule is CC(=O)N1C(CO)C(c2cc(C)cs2)OC1(C)C. The lowest BCUT2D eigenvalue weighted by atomic mass is 10.1. The second-order valence-corrected chi connectivity index (χ2v) is 6.09. The van der Waals surface area contributed by atoms with Gasteiger partial charge in [-0.25, -0.2) is 0 Å². The molecule has 1 aromatic rings. The molecule has 0 aromatic carbocycles. The maximum atomic E-state index is 11.8. The predicted octanol–water partition coefficient (Wildman–Crippen LogP) is 2.07. The predicted molar refractivity (Wildman–Crippen MR) is 70.4 cm³/mol. The molecule has 0 aliphatic carbocycles. The molecule has 0 radical (unpaired) electrons. The van der Waals surface area contributed by atoms with Gasteiger partial charge in [0.2, 0.25) is 5.91 Å². The molecule has 2 heterocycles. The Bertz CT molecular complexity index is 455. The van der Waals surface area contributed by atoms with Crippen molar-refractivity contribution in [2.24, 2.45) is 0 Å². The highest BCUT2D eigenvalue weighted by molar-refractivity contribution is 7.10. The molecule has 0 saturated carbocycles. The molecule has 2 rings (SSSR count). The zero-order valence-corrected chi connectivity index (χ0v) is 12.0. The minimum atomic E-state index is -0.679. The number of hydrogen-bond donors (Lipinski definition) is 1. The summed E-state index contributed by atoms with van der Waals surface area (Å²) in [6, 6.07) is 1.74. The van der Waals surface area contributed by atoms with Crippen LogP contribution in [0.25, 0.3) is 0 Å². The first-order chi connectivity index (χ1) is 8.36. The summed E-state index contributed by atoms with van der Waals surface area (Å²) < 4.78 is 5.98. The van der Waals surface area contributed by atoms with Crippen molar-refractivity contribution in [3.05, 3.63) is 21.9 Å². The van der Waals surface area contributed by atoms with Gasteiger partial charge in [-0.15, -0.1) is 11.3 Å². The minimum Gasteiger partial charge on any atom is -0.394 e. The highest BCUT2D eigenvalue weighted by Gasteiger charge is 2.49. The third-order valence-electron chi connectivity index (χ3n) is 3.23. The van der Waals surface area contributed by atoms with Crippen LogP contribution in [0.15, 0.2) is 11.4 Å². The largest absolute Gasteiger partial charge is 0.394 e. The molecule has 2 atom stereocenters. The lowest BCUT2D eigenvalue weighted by molar-refractivity contribution is -0.145. The van der Waals surface area contributed by atoms with Gasteiger partial charge in [-0.3, -0.25) is 4.79 Å². The molecule has 5 heteroatoms. The molecular formula is C13H19NO3S. The van der Waals surface area contributed by atoms with Crippen molar-refractivity contribution < 1.29 is 14.6 Å². The van der Waals surface area contributed by atoms with Crippen molar-refractivity contribution >= 4 is 17.2 Å². The Morgan fingerprint density at radius 3 is 2.72 bits per heavy atom. The highest BCUT2D eigenvalue weighted by Crippen LogP contribution is 2.42. The van der Waals surface area contributed by atoms with Crippen LogP contribution in [0.5, 0.6) is 0 Å². The molecule has 1 N–H and O–H groups in total. The normalized spacial score (nSPS) is 26.6. The van der Waals surface area contributed by atoms with Crippen LogP contribution in [0.1, 0.15) is 37.3 Å². The molecule has 2 unspecified atom stereocenters. The Morgan fingerprint density at radius 1 is 1.61 bits per heavy atom. The average Bonchev–Trinajstić information content (AvgIpc) is 2.78. The summed E-state index contributed by atoms with van der Waals surface area (Å²) in [6.07, 6.45) is -0.243. The van der Waals surface area contributed by atoms with E-state index in [2.05, 4.69) is 11.4 Å². The molecule has 0 bridgehead atoms. The molecule has 100 valence electrons. The number of rotatable bonds is 2. The van der Waals surface area contributed by atoms with Crippen molar-refractivity contribution in [3.8, 4) is 0 Å². The Labute approximate surface area is 111 Å². The standard InChI is InChI=1S/C13H19NO3S/c1-8-5-11(18-7-8)12-10(6-15)14(9(2)16)13(3,4)17-12/h5,7,10,12,15H,6H2,1-4H3. The highest BCUT2D eigenvalue weighted by atomic mass is 32.1. The topological polar surface area (TPSA) is 49.8 Å². The van der Waals surface area contributed by atoms with E-state index in [0.717, 1.165) is 4.88 Å². The zero-order chi connectivity index (χ0) is 13.5. The number of aryl methyl sites for hydroxylation is 1. The first kappa shape index (κ1) is 13.5. The Balaban J connectivity index is 2.36. The summed E-state index contributed by atoms with van der Waals surface area (Å²) in [6.45, 7) is 7.16. The van der Waals surface area contributed by atoms with Crippen LogP contribution < -0.4 is 0 Å². The molecule has 1 saturated heterocycles. The fourth-order valence-corrected chi connectivity index (χ4v) is 3.60. The maximum Gasteiger partial charge on any atom is 0.222 e. The van der Waals surface area contributed by atoms with Crippen molar-refractivity contribution in [2.45, 2.75) is 45.6 Å². The monoisotopic (exact) mass is 269 g/mol.